The van der Waals surface area contributed by atoms with E-state index in [-0.39, 0.29) is 29.6 Å². The Morgan fingerprint density at radius 2 is 1.46 bits per heavy atom. The van der Waals surface area contributed by atoms with Gasteiger partial charge in [-0.2, -0.15) is 13.2 Å². The van der Waals surface area contributed by atoms with Gasteiger partial charge in [0.05, 0.1) is 10.5 Å². The fourth-order valence-electron chi connectivity index (χ4n) is 2.60. The lowest BCUT2D eigenvalue weighted by atomic mass is 10.1. The molecule has 15 heteroatoms. The Bertz CT molecular complexity index is 1270. The van der Waals surface area contributed by atoms with Gasteiger partial charge in [0, 0.05) is 24.2 Å². The van der Waals surface area contributed by atoms with E-state index in [0.29, 0.717) is 23.2 Å². The Morgan fingerprint density at radius 3 is 1.90 bits per heavy atom. The number of carbonyl (C=O) groups excluding carboxylic acids is 2. The highest BCUT2D eigenvalue weighted by molar-refractivity contribution is 7.89. The second kappa shape index (κ2) is 13.7. The molecule has 0 heterocycles. The zero-order chi connectivity index (χ0) is 30.0. The normalized spacial score (nSPS) is 11.5. The fraction of sp³-hybridized carbons (Fsp3) is 0.333. The largest absolute Gasteiger partial charge is 0.490 e. The van der Waals surface area contributed by atoms with Crippen LogP contribution in [0.5, 0.6) is 0 Å². The Labute approximate surface area is 223 Å². The number of nitrogens with two attached hydrogens (primary N) is 1. The van der Waals surface area contributed by atoms with Crippen LogP contribution in [0.25, 0.3) is 0 Å². The molecule has 39 heavy (non-hydrogen) atoms. The van der Waals surface area contributed by atoms with Crippen LogP contribution in [0, 0.1) is 5.41 Å². The van der Waals surface area contributed by atoms with Gasteiger partial charge in [-0.25, -0.2) is 22.7 Å². The molecule has 0 spiro atoms. The molecule has 0 aliphatic rings. The summed E-state index contributed by atoms with van der Waals surface area (Å²) < 4.78 is 64.0. The summed E-state index contributed by atoms with van der Waals surface area (Å²) in [4.78, 5) is 33.1. The lowest BCUT2D eigenvalue weighted by Crippen LogP contribution is -2.26. The van der Waals surface area contributed by atoms with Gasteiger partial charge < -0.3 is 20.9 Å². The van der Waals surface area contributed by atoms with Crippen molar-refractivity contribution in [3.05, 3.63) is 59.7 Å². The summed E-state index contributed by atoms with van der Waals surface area (Å²) in [5, 5.41) is 17.2. The van der Waals surface area contributed by atoms with Crippen LogP contribution < -0.4 is 15.8 Å². The monoisotopic (exact) mass is 574 g/mol. The summed E-state index contributed by atoms with van der Waals surface area (Å²) in [5.74, 6) is -3.63. The first-order valence-corrected chi connectivity index (χ1v) is 12.7. The van der Waals surface area contributed by atoms with Crippen LogP contribution in [-0.2, 0) is 24.3 Å². The number of nitrogens with one attached hydrogen (secondary N) is 3. The van der Waals surface area contributed by atoms with E-state index in [9.17, 15) is 31.2 Å². The van der Waals surface area contributed by atoms with Gasteiger partial charge in [-0.3, -0.25) is 10.2 Å². The molecular formula is C24H29F3N4O7S. The number of anilines is 1. The molecule has 2 aromatic carbocycles. The molecule has 11 nitrogen and oxygen atoms in total. The molecule has 0 unspecified atom stereocenters. The topological polar surface area (TPSA) is 189 Å². The first-order valence-electron chi connectivity index (χ1n) is 11.2. The summed E-state index contributed by atoms with van der Waals surface area (Å²) in [5.41, 5.74) is 6.09. The van der Waals surface area contributed by atoms with Gasteiger partial charge in [-0.1, -0.05) is 0 Å². The first kappa shape index (κ1) is 33.0. The maximum atomic E-state index is 12.3. The van der Waals surface area contributed by atoms with Gasteiger partial charge in [0.15, 0.2) is 0 Å². The van der Waals surface area contributed by atoms with Gasteiger partial charge >= 0.3 is 18.1 Å². The number of esters is 1. The number of nitrogen functional groups attached to an aromatic ring is 1. The molecular weight excluding hydrogens is 545 g/mol. The van der Waals surface area contributed by atoms with E-state index >= 15 is 0 Å². The average molecular weight is 575 g/mol. The number of hydrogen-bond acceptors (Lipinski definition) is 7. The molecule has 0 fully saturated rings. The number of ether oxygens (including phenoxy) is 1. The number of amides is 1. The van der Waals surface area contributed by atoms with Crippen molar-refractivity contribution >= 4 is 39.4 Å². The van der Waals surface area contributed by atoms with Gasteiger partial charge in [0.2, 0.25) is 15.9 Å². The minimum Gasteiger partial charge on any atom is -0.475 e. The van der Waals surface area contributed by atoms with Gasteiger partial charge in [0.1, 0.15) is 11.4 Å². The number of halogens is 3. The van der Waals surface area contributed by atoms with Crippen molar-refractivity contribution in [1.82, 2.24) is 4.72 Å². The second-order valence-electron chi connectivity index (χ2n) is 8.87. The van der Waals surface area contributed by atoms with Crippen molar-refractivity contribution in [2.24, 2.45) is 5.73 Å². The molecule has 2 rings (SSSR count). The van der Waals surface area contributed by atoms with Crippen LogP contribution in [-0.4, -0.2) is 55.5 Å². The first-order chi connectivity index (χ1) is 17.8. The minimum absolute atomic E-state index is 0.0528. The van der Waals surface area contributed by atoms with Crippen LogP contribution in [0.15, 0.2) is 53.4 Å². The molecule has 1 amide bonds. The lowest BCUT2D eigenvalue weighted by Gasteiger charge is -2.19. The van der Waals surface area contributed by atoms with E-state index in [0.717, 1.165) is 0 Å². The van der Waals surface area contributed by atoms with E-state index in [4.69, 9.17) is 25.8 Å². The zero-order valence-corrected chi connectivity index (χ0v) is 22.1. The number of benzene rings is 2. The third kappa shape index (κ3) is 12.4. The Hall–Kier alpha value is -3.98. The van der Waals surface area contributed by atoms with Crippen molar-refractivity contribution in [2.45, 2.75) is 50.3 Å². The molecule has 2 aromatic rings. The molecule has 0 saturated heterocycles. The minimum atomic E-state index is -5.08. The molecule has 0 bridgehead atoms. The van der Waals surface area contributed by atoms with Crippen molar-refractivity contribution in [3.8, 4) is 0 Å². The second-order valence-corrected chi connectivity index (χ2v) is 10.6. The third-order valence-corrected chi connectivity index (χ3v) is 5.87. The fourth-order valence-corrected chi connectivity index (χ4v) is 3.68. The van der Waals surface area contributed by atoms with Crippen molar-refractivity contribution < 1.29 is 45.8 Å². The molecule has 0 aromatic heterocycles. The number of sulfonamides is 1. The number of carboxylic acids is 1. The van der Waals surface area contributed by atoms with Crippen LogP contribution in [0.3, 0.4) is 0 Å². The summed E-state index contributed by atoms with van der Waals surface area (Å²) in [6.07, 6.45) is -4.67. The Morgan fingerprint density at radius 1 is 0.974 bits per heavy atom. The number of hydrogen-bond donors (Lipinski definition) is 5. The number of rotatable bonds is 9. The SMILES string of the molecule is CC(C)(C)OC(=O)c1ccc(NC(=O)CCCNS(=O)(=O)c2ccc(C(=N)N)cc2)cc1.O=C(O)C(F)(F)F. The molecule has 0 aliphatic heterocycles. The van der Waals surface area contributed by atoms with Crippen molar-refractivity contribution in [3.63, 3.8) is 0 Å². The summed E-state index contributed by atoms with van der Waals surface area (Å²) in [6.45, 7) is 5.43. The smallest absolute Gasteiger partial charge is 0.475 e. The van der Waals surface area contributed by atoms with Crippen molar-refractivity contribution in [2.75, 3.05) is 11.9 Å². The zero-order valence-electron chi connectivity index (χ0n) is 21.3. The summed E-state index contributed by atoms with van der Waals surface area (Å²) >= 11 is 0. The molecule has 214 valence electrons. The number of amidine groups is 1. The van der Waals surface area contributed by atoms with Crippen LogP contribution in [0.2, 0.25) is 0 Å². The summed E-state index contributed by atoms with van der Waals surface area (Å²) in [6, 6.07) is 12.0. The van der Waals surface area contributed by atoms with E-state index in [1.165, 1.54) is 24.3 Å². The highest BCUT2D eigenvalue weighted by Crippen LogP contribution is 2.16. The van der Waals surface area contributed by atoms with Crippen molar-refractivity contribution in [1.29, 1.82) is 5.41 Å². The molecule has 0 radical (unpaired) electrons. The number of carbonyl (C=O) groups is 3. The predicted molar refractivity (Wildman–Crippen MR) is 136 cm³/mol. The number of alkyl halides is 3. The molecule has 0 atom stereocenters. The van der Waals surface area contributed by atoms with Crippen LogP contribution in [0.4, 0.5) is 18.9 Å². The Kier molecular flexibility index (Phi) is 11.6. The lowest BCUT2D eigenvalue weighted by molar-refractivity contribution is -0.192. The quantitative estimate of drug-likeness (QED) is 0.131. The molecule has 0 saturated carbocycles. The van der Waals surface area contributed by atoms with E-state index < -0.39 is 33.7 Å². The van der Waals surface area contributed by atoms with Crippen LogP contribution in [0.1, 0.15) is 49.5 Å². The van der Waals surface area contributed by atoms with E-state index in [1.54, 1.807) is 45.0 Å². The maximum absolute atomic E-state index is 12.3. The number of carboxylic acid groups (broad SMARTS) is 1. The highest BCUT2D eigenvalue weighted by Gasteiger charge is 2.38. The summed E-state index contributed by atoms with van der Waals surface area (Å²) in [7, 11) is -3.72. The third-order valence-electron chi connectivity index (χ3n) is 4.39. The highest BCUT2D eigenvalue weighted by atomic mass is 32.2. The Balaban J connectivity index is 0.000000956. The van der Waals surface area contributed by atoms with Gasteiger partial charge in [0.25, 0.3) is 0 Å². The van der Waals surface area contributed by atoms with Crippen LogP contribution >= 0.6 is 0 Å². The van der Waals surface area contributed by atoms with E-state index in [2.05, 4.69) is 10.0 Å². The van der Waals surface area contributed by atoms with Gasteiger partial charge in [-0.15, -0.1) is 0 Å². The van der Waals surface area contributed by atoms with Gasteiger partial charge in [-0.05, 0) is 75.7 Å². The molecule has 6 N–H and O–H groups in total. The number of aliphatic carboxylic acids is 1. The van der Waals surface area contributed by atoms with E-state index in [1.807, 2.05) is 0 Å². The average Bonchev–Trinajstić information content (AvgIpc) is 2.81. The maximum Gasteiger partial charge on any atom is 0.490 e. The molecule has 0 aliphatic carbocycles. The predicted octanol–water partition coefficient (Wildman–Crippen LogP) is 3.26. The standard InChI is InChI=1S/C22H28N4O5S.C2HF3O2/c1-22(2,3)31-21(28)16-6-10-17(11-7-16)26-19(27)5-4-14-25-32(29,30)18-12-8-15(9-13-18)20(23)24;3-2(4,5)1(6)7/h6-13,25H,4-5,14H2,1-3H3,(H3,23,24)(H,26,27);(H,6,7).